The minimum atomic E-state index is 0.802. The van der Waals surface area contributed by atoms with Crippen molar-refractivity contribution < 1.29 is 0 Å². The normalized spacial score (nSPS) is 37.7. The summed E-state index contributed by atoms with van der Waals surface area (Å²) in [7, 11) is 0. The van der Waals surface area contributed by atoms with E-state index >= 15 is 0 Å². The van der Waals surface area contributed by atoms with Gasteiger partial charge in [-0.2, -0.15) is 0 Å². The van der Waals surface area contributed by atoms with Gasteiger partial charge in [0.1, 0.15) is 0 Å². The van der Waals surface area contributed by atoms with Crippen molar-refractivity contribution in [3.8, 4) is 0 Å². The standard InChI is InChI=1S/C18H30/c1-13(2)17-12-18(14(3)4)16-11-9-7-5-6-8-10-15(16)17/h6,8,10,13-14,16-18H,5,7,9,11-12H2,1-4H3/b8-6-,15-10+. The molecule has 0 bridgehead atoms. The highest BCUT2D eigenvalue weighted by atomic mass is 14.4. The summed E-state index contributed by atoms with van der Waals surface area (Å²) in [5, 5.41) is 0. The Hall–Kier alpha value is -0.520. The number of fused-ring (bicyclic) bond motifs is 1. The predicted octanol–water partition coefficient (Wildman–Crippen LogP) is 5.61. The van der Waals surface area contributed by atoms with Gasteiger partial charge in [0.15, 0.2) is 0 Å². The molecule has 18 heavy (non-hydrogen) atoms. The fraction of sp³-hybridized carbons (Fsp3) is 0.778. The average molecular weight is 246 g/mol. The Kier molecular flexibility index (Phi) is 4.70. The largest absolute Gasteiger partial charge is 0.0845 e. The highest BCUT2D eigenvalue weighted by Crippen LogP contribution is 2.49. The molecule has 2 aliphatic carbocycles. The van der Waals surface area contributed by atoms with Gasteiger partial charge in [-0.05, 0) is 55.3 Å². The molecule has 0 spiro atoms. The average Bonchev–Trinajstić information content (AvgIpc) is 2.69. The van der Waals surface area contributed by atoms with Gasteiger partial charge in [0.05, 0.1) is 0 Å². The van der Waals surface area contributed by atoms with Crippen LogP contribution >= 0.6 is 0 Å². The van der Waals surface area contributed by atoms with Crippen molar-refractivity contribution in [3.63, 3.8) is 0 Å². The molecular formula is C18H30. The maximum Gasteiger partial charge on any atom is -0.0166 e. The minimum Gasteiger partial charge on any atom is -0.0845 e. The van der Waals surface area contributed by atoms with E-state index in [-0.39, 0.29) is 0 Å². The Bertz CT molecular complexity index is 319. The summed E-state index contributed by atoms with van der Waals surface area (Å²) in [5.74, 6) is 4.28. The molecule has 3 unspecified atom stereocenters. The summed E-state index contributed by atoms with van der Waals surface area (Å²) in [5.41, 5.74) is 1.78. The summed E-state index contributed by atoms with van der Waals surface area (Å²) >= 11 is 0. The minimum absolute atomic E-state index is 0.802. The van der Waals surface area contributed by atoms with Gasteiger partial charge in [-0.3, -0.25) is 0 Å². The Labute approximate surface area is 114 Å². The van der Waals surface area contributed by atoms with Crippen LogP contribution in [-0.4, -0.2) is 0 Å². The summed E-state index contributed by atoms with van der Waals surface area (Å²) in [6, 6.07) is 0. The lowest BCUT2D eigenvalue weighted by molar-refractivity contribution is 0.284. The molecule has 0 N–H and O–H groups in total. The van der Waals surface area contributed by atoms with Crippen molar-refractivity contribution in [1.29, 1.82) is 0 Å². The summed E-state index contributed by atoms with van der Waals surface area (Å²) in [6.07, 6.45) is 14.1. The van der Waals surface area contributed by atoms with Crippen molar-refractivity contribution in [3.05, 3.63) is 23.8 Å². The van der Waals surface area contributed by atoms with Crippen molar-refractivity contribution >= 4 is 0 Å². The van der Waals surface area contributed by atoms with E-state index in [1.807, 2.05) is 0 Å². The second kappa shape index (κ2) is 6.08. The van der Waals surface area contributed by atoms with E-state index in [9.17, 15) is 0 Å². The van der Waals surface area contributed by atoms with E-state index in [0.717, 1.165) is 29.6 Å². The van der Waals surface area contributed by atoms with E-state index in [1.54, 1.807) is 5.57 Å². The van der Waals surface area contributed by atoms with Crippen LogP contribution in [0.15, 0.2) is 23.8 Å². The zero-order chi connectivity index (χ0) is 13.1. The van der Waals surface area contributed by atoms with Crippen LogP contribution < -0.4 is 0 Å². The zero-order valence-corrected chi connectivity index (χ0v) is 12.7. The monoisotopic (exact) mass is 246 g/mol. The molecule has 1 fully saturated rings. The first kappa shape index (κ1) is 13.9. The van der Waals surface area contributed by atoms with Gasteiger partial charge in [0.25, 0.3) is 0 Å². The molecule has 1 saturated carbocycles. The Morgan fingerprint density at radius 3 is 2.50 bits per heavy atom. The molecule has 0 heteroatoms. The number of hydrogen-bond acceptors (Lipinski definition) is 0. The molecule has 2 rings (SSSR count). The van der Waals surface area contributed by atoms with Gasteiger partial charge in [-0.1, -0.05) is 57.9 Å². The van der Waals surface area contributed by atoms with Crippen LogP contribution in [0.2, 0.25) is 0 Å². The smallest absolute Gasteiger partial charge is 0.0166 e. The van der Waals surface area contributed by atoms with Gasteiger partial charge in [0, 0.05) is 0 Å². The summed E-state index contributed by atoms with van der Waals surface area (Å²) in [4.78, 5) is 0. The lowest BCUT2D eigenvalue weighted by Crippen LogP contribution is -2.15. The molecule has 0 saturated heterocycles. The zero-order valence-electron chi connectivity index (χ0n) is 12.7. The van der Waals surface area contributed by atoms with Crippen molar-refractivity contribution in [2.75, 3.05) is 0 Å². The van der Waals surface area contributed by atoms with E-state index in [0.29, 0.717) is 0 Å². The third-order valence-electron chi connectivity index (χ3n) is 5.12. The number of rotatable bonds is 2. The third-order valence-corrected chi connectivity index (χ3v) is 5.12. The van der Waals surface area contributed by atoms with Gasteiger partial charge < -0.3 is 0 Å². The highest BCUT2D eigenvalue weighted by Gasteiger charge is 2.40. The van der Waals surface area contributed by atoms with E-state index in [1.165, 1.54) is 32.1 Å². The molecule has 0 aromatic carbocycles. The SMILES string of the molecule is CC(C)C1CC(C(C)C)C2CCCC/C=C\C=C\12. The lowest BCUT2D eigenvalue weighted by Gasteiger charge is -2.24. The molecule has 0 aliphatic heterocycles. The molecule has 102 valence electrons. The predicted molar refractivity (Wildman–Crippen MR) is 80.5 cm³/mol. The lowest BCUT2D eigenvalue weighted by atomic mass is 9.81. The van der Waals surface area contributed by atoms with Crippen molar-refractivity contribution in [2.45, 2.75) is 59.8 Å². The number of allylic oxidation sites excluding steroid dienone is 4. The fourth-order valence-electron chi connectivity index (χ4n) is 4.04. The van der Waals surface area contributed by atoms with Crippen LogP contribution in [0.1, 0.15) is 59.8 Å². The van der Waals surface area contributed by atoms with Crippen LogP contribution in [0.4, 0.5) is 0 Å². The van der Waals surface area contributed by atoms with Crippen LogP contribution in [0.3, 0.4) is 0 Å². The Morgan fingerprint density at radius 1 is 1.06 bits per heavy atom. The molecule has 0 heterocycles. The molecule has 0 radical (unpaired) electrons. The van der Waals surface area contributed by atoms with Gasteiger partial charge >= 0.3 is 0 Å². The molecule has 0 nitrogen and oxygen atoms in total. The summed E-state index contributed by atoms with van der Waals surface area (Å²) in [6.45, 7) is 9.66. The van der Waals surface area contributed by atoms with E-state index in [2.05, 4.69) is 45.9 Å². The summed E-state index contributed by atoms with van der Waals surface area (Å²) < 4.78 is 0. The van der Waals surface area contributed by atoms with Crippen LogP contribution in [0.5, 0.6) is 0 Å². The number of hydrogen-bond donors (Lipinski definition) is 0. The molecular weight excluding hydrogens is 216 g/mol. The van der Waals surface area contributed by atoms with Gasteiger partial charge in [0.2, 0.25) is 0 Å². The Morgan fingerprint density at radius 2 is 1.83 bits per heavy atom. The second-order valence-corrected chi connectivity index (χ2v) is 6.98. The van der Waals surface area contributed by atoms with Crippen molar-refractivity contribution in [2.24, 2.45) is 29.6 Å². The van der Waals surface area contributed by atoms with Crippen LogP contribution in [0.25, 0.3) is 0 Å². The molecule has 0 aromatic rings. The first-order valence-corrected chi connectivity index (χ1v) is 7.98. The fourth-order valence-corrected chi connectivity index (χ4v) is 4.04. The highest BCUT2D eigenvalue weighted by molar-refractivity contribution is 5.24. The topological polar surface area (TPSA) is 0 Å². The van der Waals surface area contributed by atoms with Crippen molar-refractivity contribution in [1.82, 2.24) is 0 Å². The van der Waals surface area contributed by atoms with E-state index in [4.69, 9.17) is 0 Å². The van der Waals surface area contributed by atoms with Gasteiger partial charge in [-0.15, -0.1) is 0 Å². The molecule has 3 atom stereocenters. The first-order chi connectivity index (χ1) is 8.61. The van der Waals surface area contributed by atoms with Crippen LogP contribution in [0, 0.1) is 29.6 Å². The maximum absolute atomic E-state index is 2.48. The van der Waals surface area contributed by atoms with Gasteiger partial charge in [-0.25, -0.2) is 0 Å². The van der Waals surface area contributed by atoms with Crippen LogP contribution in [-0.2, 0) is 0 Å². The third kappa shape index (κ3) is 2.90. The first-order valence-electron chi connectivity index (χ1n) is 7.98. The Balaban J connectivity index is 2.27. The molecule has 2 aliphatic rings. The molecule has 0 aromatic heterocycles. The molecule has 0 amide bonds. The second-order valence-electron chi connectivity index (χ2n) is 6.98. The maximum atomic E-state index is 2.48. The van der Waals surface area contributed by atoms with E-state index < -0.39 is 0 Å². The quantitative estimate of drug-likeness (QED) is 0.594.